The van der Waals surface area contributed by atoms with Crippen LogP contribution < -0.4 is 0 Å². The summed E-state index contributed by atoms with van der Waals surface area (Å²) in [6.45, 7) is 0. The number of aliphatic imine (C=N–C) groups is 1. The lowest BCUT2D eigenvalue weighted by Gasteiger charge is -2.24. The van der Waals surface area contributed by atoms with Crippen molar-refractivity contribution in [1.82, 2.24) is 0 Å². The van der Waals surface area contributed by atoms with Crippen molar-refractivity contribution in [2.75, 3.05) is 0 Å². The van der Waals surface area contributed by atoms with Crippen LogP contribution in [0.15, 0.2) is 35.3 Å². The van der Waals surface area contributed by atoms with E-state index in [4.69, 9.17) is 5.11 Å². The van der Waals surface area contributed by atoms with Crippen LogP contribution in [0.1, 0.15) is 57.8 Å². The number of nitrogens with zero attached hydrogens (tertiary/aromatic N) is 1. The van der Waals surface area contributed by atoms with E-state index in [0.717, 1.165) is 31.4 Å². The van der Waals surface area contributed by atoms with Gasteiger partial charge in [0, 0.05) is 12.6 Å². The number of rotatable bonds is 12. The Balaban J connectivity index is 1.74. The number of para-hydroxylation sites is 1. The molecule has 6 nitrogen and oxygen atoms in total. The lowest BCUT2D eigenvalue weighted by molar-refractivity contribution is -0.137. The average molecular weight is 392 g/mol. The third kappa shape index (κ3) is 7.70. The van der Waals surface area contributed by atoms with Crippen molar-refractivity contribution in [2.24, 2.45) is 16.8 Å². The molecule has 1 aromatic carbocycles. The van der Waals surface area contributed by atoms with Gasteiger partial charge in [0.05, 0.1) is 24.0 Å². The normalized spacial score (nSPS) is 26.0. The van der Waals surface area contributed by atoms with Gasteiger partial charge in [-0.15, -0.1) is 0 Å². The van der Waals surface area contributed by atoms with Crippen LogP contribution in [0.2, 0.25) is 0 Å². The van der Waals surface area contributed by atoms with Gasteiger partial charge in [0.15, 0.2) is 0 Å². The highest BCUT2D eigenvalue weighted by atomic mass is 16.4. The summed E-state index contributed by atoms with van der Waals surface area (Å²) in [4.78, 5) is 14.8. The van der Waals surface area contributed by atoms with E-state index in [9.17, 15) is 20.1 Å². The molecule has 0 saturated heterocycles. The van der Waals surface area contributed by atoms with Crippen LogP contribution >= 0.6 is 0 Å². The molecule has 1 aromatic rings. The molecule has 0 aromatic heterocycles. The molecule has 0 amide bonds. The van der Waals surface area contributed by atoms with Crippen LogP contribution in [0, 0.1) is 11.8 Å². The second kappa shape index (κ2) is 11.9. The Morgan fingerprint density at radius 1 is 1.04 bits per heavy atom. The maximum absolute atomic E-state index is 10.5. The Morgan fingerprint density at radius 2 is 1.68 bits per heavy atom. The first kappa shape index (κ1) is 22.5. The van der Waals surface area contributed by atoms with Crippen molar-refractivity contribution in [3.63, 3.8) is 0 Å². The quantitative estimate of drug-likeness (QED) is 0.323. The zero-order chi connectivity index (χ0) is 20.4. The number of carbonyl (C=O) groups is 1. The molecule has 28 heavy (non-hydrogen) atoms. The summed E-state index contributed by atoms with van der Waals surface area (Å²) in [7, 11) is 0. The molecule has 0 spiro atoms. The molecule has 0 bridgehead atoms. The van der Waals surface area contributed by atoms with Crippen molar-refractivity contribution in [2.45, 2.75) is 76.1 Å². The minimum atomic E-state index is -0.760. The minimum absolute atomic E-state index is 0.0196. The molecule has 6 heteroatoms. The molecule has 0 aliphatic heterocycles. The minimum Gasteiger partial charge on any atom is -0.481 e. The SMILES string of the molecule is O=C(O)CCCCCC[C@@H]1[C@@H](CCC(O)/C=N/c2ccccc2)[C@H](O)C[C@@H]1O. The summed E-state index contributed by atoms with van der Waals surface area (Å²) in [6, 6.07) is 9.43. The molecule has 156 valence electrons. The molecule has 2 rings (SSSR count). The first-order valence-electron chi connectivity index (χ1n) is 10.3. The molecular weight excluding hydrogens is 358 g/mol. The third-order valence-electron chi connectivity index (χ3n) is 5.65. The van der Waals surface area contributed by atoms with Gasteiger partial charge < -0.3 is 20.4 Å². The van der Waals surface area contributed by atoms with Gasteiger partial charge in [-0.3, -0.25) is 9.79 Å². The Morgan fingerprint density at radius 3 is 2.36 bits per heavy atom. The largest absolute Gasteiger partial charge is 0.481 e. The molecule has 1 fully saturated rings. The summed E-state index contributed by atoms with van der Waals surface area (Å²) >= 11 is 0. The van der Waals surface area contributed by atoms with Gasteiger partial charge in [-0.1, -0.05) is 37.5 Å². The Kier molecular flexibility index (Phi) is 9.61. The predicted octanol–water partition coefficient (Wildman–Crippen LogP) is 3.31. The zero-order valence-corrected chi connectivity index (χ0v) is 16.4. The summed E-state index contributed by atoms with van der Waals surface area (Å²) in [5.41, 5.74) is 0.790. The van der Waals surface area contributed by atoms with E-state index in [2.05, 4.69) is 4.99 Å². The van der Waals surface area contributed by atoms with Crippen LogP contribution in [0.5, 0.6) is 0 Å². The molecule has 1 saturated carbocycles. The van der Waals surface area contributed by atoms with Crippen molar-refractivity contribution in [1.29, 1.82) is 0 Å². The number of aliphatic hydroxyl groups excluding tert-OH is 3. The number of carboxylic acids is 1. The zero-order valence-electron chi connectivity index (χ0n) is 16.4. The molecule has 0 radical (unpaired) electrons. The smallest absolute Gasteiger partial charge is 0.303 e. The van der Waals surface area contributed by atoms with Crippen LogP contribution in [0.25, 0.3) is 0 Å². The van der Waals surface area contributed by atoms with E-state index in [1.807, 2.05) is 30.3 Å². The van der Waals surface area contributed by atoms with E-state index >= 15 is 0 Å². The van der Waals surface area contributed by atoms with Crippen molar-refractivity contribution in [3.8, 4) is 0 Å². The Bertz CT molecular complexity index is 606. The van der Waals surface area contributed by atoms with Gasteiger partial charge in [0.1, 0.15) is 0 Å². The summed E-state index contributed by atoms with van der Waals surface area (Å²) < 4.78 is 0. The monoisotopic (exact) mass is 391 g/mol. The van der Waals surface area contributed by atoms with Crippen molar-refractivity contribution in [3.05, 3.63) is 30.3 Å². The average Bonchev–Trinajstić information content (AvgIpc) is 2.94. The van der Waals surface area contributed by atoms with E-state index in [0.29, 0.717) is 25.7 Å². The van der Waals surface area contributed by atoms with Gasteiger partial charge >= 0.3 is 5.97 Å². The lowest BCUT2D eigenvalue weighted by Crippen LogP contribution is -2.24. The number of hydrogen-bond donors (Lipinski definition) is 4. The summed E-state index contributed by atoms with van der Waals surface area (Å²) in [5, 5.41) is 39.5. The number of carboxylic acid groups (broad SMARTS) is 1. The van der Waals surface area contributed by atoms with Gasteiger partial charge in [0.25, 0.3) is 0 Å². The fraction of sp³-hybridized carbons (Fsp3) is 0.636. The van der Waals surface area contributed by atoms with Crippen molar-refractivity contribution >= 4 is 17.9 Å². The topological polar surface area (TPSA) is 110 Å². The fourth-order valence-corrected chi connectivity index (χ4v) is 4.11. The molecule has 1 aliphatic rings. The molecule has 4 N–H and O–H groups in total. The van der Waals surface area contributed by atoms with Crippen LogP contribution in [0.3, 0.4) is 0 Å². The highest BCUT2D eigenvalue weighted by Crippen LogP contribution is 2.39. The molecule has 1 aliphatic carbocycles. The maximum Gasteiger partial charge on any atom is 0.303 e. The van der Waals surface area contributed by atoms with Crippen molar-refractivity contribution < 1.29 is 25.2 Å². The van der Waals surface area contributed by atoms with E-state index in [1.165, 1.54) is 6.21 Å². The second-order valence-corrected chi connectivity index (χ2v) is 7.80. The third-order valence-corrected chi connectivity index (χ3v) is 5.65. The number of benzene rings is 1. The summed E-state index contributed by atoms with van der Waals surface area (Å²) in [5.74, 6) is -0.745. The molecule has 5 atom stereocenters. The van der Waals surface area contributed by atoms with E-state index < -0.39 is 24.3 Å². The Hall–Kier alpha value is -1.76. The molecule has 0 heterocycles. The van der Waals surface area contributed by atoms with E-state index in [-0.39, 0.29) is 18.3 Å². The maximum atomic E-state index is 10.5. The van der Waals surface area contributed by atoms with Gasteiger partial charge in [-0.25, -0.2) is 0 Å². The molecular formula is C22H33NO5. The number of aliphatic hydroxyl groups is 3. The fourth-order valence-electron chi connectivity index (χ4n) is 4.11. The highest BCUT2D eigenvalue weighted by Gasteiger charge is 2.40. The highest BCUT2D eigenvalue weighted by molar-refractivity contribution is 5.67. The predicted molar refractivity (Wildman–Crippen MR) is 109 cm³/mol. The first-order valence-corrected chi connectivity index (χ1v) is 10.3. The second-order valence-electron chi connectivity index (χ2n) is 7.80. The first-order chi connectivity index (χ1) is 13.5. The number of hydrogen-bond acceptors (Lipinski definition) is 5. The summed E-state index contributed by atoms with van der Waals surface area (Å²) in [6.07, 6.45) is 5.78. The van der Waals surface area contributed by atoms with Gasteiger partial charge in [0.2, 0.25) is 0 Å². The Labute approximate surface area is 166 Å². The van der Waals surface area contributed by atoms with Gasteiger partial charge in [-0.05, 0) is 56.1 Å². The van der Waals surface area contributed by atoms with Gasteiger partial charge in [-0.2, -0.15) is 0 Å². The van der Waals surface area contributed by atoms with Crippen LogP contribution in [-0.2, 0) is 4.79 Å². The standard InChI is InChI=1S/C22H33NO5/c24-17(15-23-16-8-4-3-5-9-16)12-13-19-18(20(25)14-21(19)26)10-6-1-2-7-11-22(27)28/h3-5,8-9,15,17-21,24-26H,1-2,6-7,10-14H2,(H,27,28)/b23-15+/t17?,18-,19-,20+,21-/m1/s1. The lowest BCUT2D eigenvalue weighted by atomic mass is 9.85. The molecule has 1 unspecified atom stereocenters. The van der Waals surface area contributed by atoms with E-state index in [1.54, 1.807) is 0 Å². The number of aliphatic carboxylic acids is 1. The number of unbranched alkanes of at least 4 members (excludes halogenated alkanes) is 3. The van der Waals surface area contributed by atoms with Crippen LogP contribution in [0.4, 0.5) is 5.69 Å². The van der Waals surface area contributed by atoms with Crippen LogP contribution in [-0.4, -0.2) is 50.9 Å².